The lowest BCUT2D eigenvalue weighted by atomic mass is 10.1. The molecule has 0 spiro atoms. The van der Waals surface area contributed by atoms with Crippen molar-refractivity contribution in [1.82, 2.24) is 5.32 Å². The van der Waals surface area contributed by atoms with E-state index in [0.717, 1.165) is 37.6 Å². The molecule has 1 N–H and O–H groups in total. The molecule has 0 saturated heterocycles. The van der Waals surface area contributed by atoms with Crippen LogP contribution in [-0.4, -0.2) is 26.3 Å². The van der Waals surface area contributed by atoms with E-state index in [1.54, 1.807) is 0 Å². The third kappa shape index (κ3) is 7.06. The number of hydrogen-bond donors (Lipinski definition) is 1. The van der Waals surface area contributed by atoms with E-state index in [4.69, 9.17) is 9.47 Å². The molecule has 0 amide bonds. The molecule has 0 bridgehead atoms. The van der Waals surface area contributed by atoms with Crippen molar-refractivity contribution >= 4 is 0 Å². The van der Waals surface area contributed by atoms with Gasteiger partial charge in [-0.05, 0) is 63.9 Å². The topological polar surface area (TPSA) is 30.5 Å². The molecular weight excluding hydrogens is 238 g/mol. The highest BCUT2D eigenvalue weighted by atomic mass is 16.5. The summed E-state index contributed by atoms with van der Waals surface area (Å²) in [5, 5.41) is 3.24. The fourth-order valence-corrected chi connectivity index (χ4v) is 1.74. The second-order valence-corrected chi connectivity index (χ2v) is 4.85. The Labute approximate surface area is 117 Å². The molecule has 0 aromatic heterocycles. The van der Waals surface area contributed by atoms with Gasteiger partial charge in [-0.25, -0.2) is 0 Å². The predicted octanol–water partition coefficient (Wildman–Crippen LogP) is 3.63. The fourth-order valence-electron chi connectivity index (χ4n) is 1.74. The first-order chi connectivity index (χ1) is 9.26. The van der Waals surface area contributed by atoms with Gasteiger partial charge in [0.15, 0.2) is 0 Å². The molecule has 1 aromatic rings. The molecule has 0 radical (unpaired) electrons. The van der Waals surface area contributed by atoms with Crippen molar-refractivity contribution in [2.75, 3.05) is 20.3 Å². The molecule has 108 valence electrons. The highest BCUT2D eigenvalue weighted by molar-refractivity contribution is 5.31. The molecule has 3 nitrogen and oxygen atoms in total. The van der Waals surface area contributed by atoms with E-state index < -0.39 is 0 Å². The van der Waals surface area contributed by atoms with Gasteiger partial charge in [0.25, 0.3) is 0 Å². The molecule has 0 aliphatic rings. The van der Waals surface area contributed by atoms with E-state index in [2.05, 4.69) is 19.2 Å². The second-order valence-electron chi connectivity index (χ2n) is 4.85. The molecular formula is C16H27NO2. The Bertz CT molecular complexity index is 324. The molecule has 0 aliphatic heterocycles. The van der Waals surface area contributed by atoms with Crippen molar-refractivity contribution in [1.29, 1.82) is 0 Å². The number of benzene rings is 1. The summed E-state index contributed by atoms with van der Waals surface area (Å²) in [6.07, 6.45) is 4.52. The second kappa shape index (κ2) is 9.68. The first-order valence-corrected chi connectivity index (χ1v) is 7.29. The average Bonchev–Trinajstić information content (AvgIpc) is 2.45. The van der Waals surface area contributed by atoms with E-state index in [1.165, 1.54) is 12.8 Å². The highest BCUT2D eigenvalue weighted by Crippen LogP contribution is 2.18. The van der Waals surface area contributed by atoms with Crippen LogP contribution in [0.15, 0.2) is 24.3 Å². The Hall–Kier alpha value is -1.22. The zero-order chi connectivity index (χ0) is 13.9. The minimum absolute atomic E-state index is 0.593. The average molecular weight is 265 g/mol. The molecule has 0 fully saturated rings. The fraction of sp³-hybridized carbons (Fsp3) is 0.625. The lowest BCUT2D eigenvalue weighted by Crippen LogP contribution is -2.20. The maximum absolute atomic E-state index is 5.70. The summed E-state index contributed by atoms with van der Waals surface area (Å²) in [4.78, 5) is 0. The minimum Gasteiger partial charge on any atom is -0.494 e. The van der Waals surface area contributed by atoms with Crippen LogP contribution in [0, 0.1) is 0 Å². The maximum atomic E-state index is 5.70. The van der Waals surface area contributed by atoms with Gasteiger partial charge in [0, 0.05) is 6.04 Å². The molecule has 1 rings (SSSR count). The van der Waals surface area contributed by atoms with Gasteiger partial charge in [-0.15, -0.1) is 0 Å². The molecule has 3 heteroatoms. The molecule has 0 saturated carbocycles. The zero-order valence-electron chi connectivity index (χ0n) is 12.4. The van der Waals surface area contributed by atoms with Crippen LogP contribution >= 0.6 is 0 Å². The molecule has 1 unspecified atom stereocenters. The number of nitrogens with one attached hydrogen (secondary N) is 1. The summed E-state index contributed by atoms with van der Waals surface area (Å²) in [7, 11) is 2.00. The largest absolute Gasteiger partial charge is 0.494 e. The monoisotopic (exact) mass is 265 g/mol. The lowest BCUT2D eigenvalue weighted by molar-refractivity contribution is 0.298. The van der Waals surface area contributed by atoms with E-state index >= 15 is 0 Å². The molecule has 0 heterocycles. The van der Waals surface area contributed by atoms with Gasteiger partial charge in [-0.1, -0.05) is 6.92 Å². The maximum Gasteiger partial charge on any atom is 0.119 e. The number of rotatable bonds is 10. The summed E-state index contributed by atoms with van der Waals surface area (Å²) in [5.74, 6) is 1.84. The Balaban J connectivity index is 2.15. The summed E-state index contributed by atoms with van der Waals surface area (Å²) in [5.41, 5.74) is 0. The predicted molar refractivity (Wildman–Crippen MR) is 80.1 cm³/mol. The first-order valence-electron chi connectivity index (χ1n) is 7.29. The Kier molecular flexibility index (Phi) is 8.07. The van der Waals surface area contributed by atoms with Gasteiger partial charge < -0.3 is 14.8 Å². The van der Waals surface area contributed by atoms with Crippen LogP contribution < -0.4 is 14.8 Å². The van der Waals surface area contributed by atoms with Crippen molar-refractivity contribution in [3.63, 3.8) is 0 Å². The quantitative estimate of drug-likeness (QED) is 0.655. The van der Waals surface area contributed by atoms with Crippen molar-refractivity contribution in [3.05, 3.63) is 24.3 Å². The smallest absolute Gasteiger partial charge is 0.119 e. The summed E-state index contributed by atoms with van der Waals surface area (Å²) >= 11 is 0. The van der Waals surface area contributed by atoms with Gasteiger partial charge in [0.1, 0.15) is 11.5 Å². The van der Waals surface area contributed by atoms with Crippen LogP contribution in [0.1, 0.15) is 39.5 Å². The van der Waals surface area contributed by atoms with Crippen LogP contribution in [-0.2, 0) is 0 Å². The van der Waals surface area contributed by atoms with Crippen molar-refractivity contribution in [3.8, 4) is 11.5 Å². The molecule has 0 aliphatic carbocycles. The lowest BCUT2D eigenvalue weighted by Gasteiger charge is -2.10. The van der Waals surface area contributed by atoms with Crippen LogP contribution in [0.4, 0.5) is 0 Å². The van der Waals surface area contributed by atoms with E-state index in [0.29, 0.717) is 6.04 Å². The van der Waals surface area contributed by atoms with Gasteiger partial charge >= 0.3 is 0 Å². The first kappa shape index (κ1) is 15.8. The summed E-state index contributed by atoms with van der Waals surface area (Å²) in [6.45, 7) is 5.86. The zero-order valence-corrected chi connectivity index (χ0v) is 12.4. The minimum atomic E-state index is 0.593. The van der Waals surface area contributed by atoms with Gasteiger partial charge in [-0.2, -0.15) is 0 Å². The van der Waals surface area contributed by atoms with Crippen molar-refractivity contribution < 1.29 is 9.47 Å². The third-order valence-corrected chi connectivity index (χ3v) is 3.09. The highest BCUT2D eigenvalue weighted by Gasteiger charge is 1.99. The SMILES string of the molecule is CCCOc1ccc(OCCCCC(C)NC)cc1. The Morgan fingerprint density at radius 2 is 1.58 bits per heavy atom. The molecule has 19 heavy (non-hydrogen) atoms. The van der Waals surface area contributed by atoms with E-state index in [9.17, 15) is 0 Å². The van der Waals surface area contributed by atoms with E-state index in [1.807, 2.05) is 31.3 Å². The summed E-state index contributed by atoms with van der Waals surface area (Å²) < 4.78 is 11.2. The standard InChI is InChI=1S/C16H27NO2/c1-4-12-18-15-8-10-16(11-9-15)19-13-6-5-7-14(2)17-3/h8-11,14,17H,4-7,12-13H2,1-3H3. The summed E-state index contributed by atoms with van der Waals surface area (Å²) in [6, 6.07) is 8.47. The van der Waals surface area contributed by atoms with Gasteiger partial charge in [-0.3, -0.25) is 0 Å². The van der Waals surface area contributed by atoms with Crippen molar-refractivity contribution in [2.45, 2.75) is 45.6 Å². The van der Waals surface area contributed by atoms with E-state index in [-0.39, 0.29) is 0 Å². The Morgan fingerprint density at radius 1 is 1.00 bits per heavy atom. The van der Waals surface area contributed by atoms with Crippen LogP contribution in [0.2, 0.25) is 0 Å². The van der Waals surface area contributed by atoms with Crippen LogP contribution in [0.25, 0.3) is 0 Å². The third-order valence-electron chi connectivity index (χ3n) is 3.09. The number of hydrogen-bond acceptors (Lipinski definition) is 3. The van der Waals surface area contributed by atoms with Crippen LogP contribution in [0.5, 0.6) is 11.5 Å². The molecule has 1 aromatic carbocycles. The van der Waals surface area contributed by atoms with Gasteiger partial charge in [0.2, 0.25) is 0 Å². The van der Waals surface area contributed by atoms with Crippen LogP contribution in [0.3, 0.4) is 0 Å². The van der Waals surface area contributed by atoms with Gasteiger partial charge in [0.05, 0.1) is 13.2 Å². The number of ether oxygens (including phenoxy) is 2. The normalized spacial score (nSPS) is 12.2. The Morgan fingerprint density at radius 3 is 2.11 bits per heavy atom. The molecule has 1 atom stereocenters. The number of unbranched alkanes of at least 4 members (excludes halogenated alkanes) is 1. The van der Waals surface area contributed by atoms with Crippen molar-refractivity contribution in [2.24, 2.45) is 0 Å².